The van der Waals surface area contributed by atoms with E-state index in [4.69, 9.17) is 11.6 Å². The molecule has 0 bridgehead atoms. The van der Waals surface area contributed by atoms with Crippen molar-refractivity contribution >= 4 is 23.3 Å². The van der Waals surface area contributed by atoms with Crippen LogP contribution in [0.5, 0.6) is 0 Å². The van der Waals surface area contributed by atoms with Crippen molar-refractivity contribution < 1.29 is 4.79 Å². The highest BCUT2D eigenvalue weighted by molar-refractivity contribution is 6.29. The molecule has 1 N–H and O–H groups in total. The molecule has 0 unspecified atom stereocenters. The van der Waals surface area contributed by atoms with E-state index in [0.29, 0.717) is 11.4 Å². The molecule has 0 aliphatic rings. The molecule has 0 aliphatic heterocycles. The van der Waals surface area contributed by atoms with Crippen LogP contribution in [-0.4, -0.2) is 15.9 Å². The molecule has 1 heterocycles. The molecule has 1 amide bonds. The second kappa shape index (κ2) is 5.36. The van der Waals surface area contributed by atoms with Crippen LogP contribution in [0.4, 0.5) is 5.82 Å². The second-order valence-electron chi connectivity index (χ2n) is 4.45. The van der Waals surface area contributed by atoms with Crippen LogP contribution in [0.25, 0.3) is 0 Å². The van der Waals surface area contributed by atoms with Crippen LogP contribution >= 0.6 is 11.6 Å². The minimum Gasteiger partial charge on any atom is -0.305 e. The van der Waals surface area contributed by atoms with Crippen molar-refractivity contribution in [2.24, 2.45) is 0 Å². The molecule has 0 spiro atoms. The van der Waals surface area contributed by atoms with E-state index in [2.05, 4.69) is 15.3 Å². The molecule has 4 nitrogen and oxygen atoms in total. The van der Waals surface area contributed by atoms with Gasteiger partial charge in [0.2, 0.25) is 0 Å². The van der Waals surface area contributed by atoms with Crippen LogP contribution in [0.2, 0.25) is 5.15 Å². The Morgan fingerprint density at radius 3 is 2.37 bits per heavy atom. The molecular weight excluding hydrogens is 262 g/mol. The van der Waals surface area contributed by atoms with Crippen LogP contribution in [0.3, 0.4) is 0 Å². The zero-order valence-electron chi connectivity index (χ0n) is 11.0. The zero-order chi connectivity index (χ0) is 14.0. The van der Waals surface area contributed by atoms with Gasteiger partial charge in [0.05, 0.1) is 12.4 Å². The average Bonchev–Trinajstić information content (AvgIpc) is 2.27. The van der Waals surface area contributed by atoms with Gasteiger partial charge in [0, 0.05) is 5.56 Å². The molecule has 0 radical (unpaired) electrons. The van der Waals surface area contributed by atoms with Gasteiger partial charge in [-0.15, -0.1) is 0 Å². The normalized spacial score (nSPS) is 10.3. The van der Waals surface area contributed by atoms with Crippen molar-refractivity contribution in [3.05, 3.63) is 51.9 Å². The number of anilines is 1. The molecule has 0 saturated carbocycles. The van der Waals surface area contributed by atoms with Gasteiger partial charge >= 0.3 is 0 Å². The maximum Gasteiger partial charge on any atom is 0.257 e. The number of halogens is 1. The van der Waals surface area contributed by atoms with Gasteiger partial charge in [0.1, 0.15) is 5.15 Å². The molecule has 0 aliphatic carbocycles. The minimum absolute atomic E-state index is 0.202. The fourth-order valence-electron chi connectivity index (χ4n) is 2.12. The van der Waals surface area contributed by atoms with Gasteiger partial charge in [-0.05, 0) is 31.9 Å². The summed E-state index contributed by atoms with van der Waals surface area (Å²) in [7, 11) is 0. The van der Waals surface area contributed by atoms with Crippen molar-refractivity contribution in [3.8, 4) is 0 Å². The van der Waals surface area contributed by atoms with Gasteiger partial charge in [-0.1, -0.05) is 29.3 Å². The third kappa shape index (κ3) is 3.09. The second-order valence-corrected chi connectivity index (χ2v) is 4.84. The molecule has 1 aromatic heterocycles. The number of nitrogens with one attached hydrogen (secondary N) is 1. The Kier molecular flexibility index (Phi) is 3.81. The molecule has 19 heavy (non-hydrogen) atoms. The highest BCUT2D eigenvalue weighted by Gasteiger charge is 2.13. The number of nitrogens with zero attached hydrogens (tertiary/aromatic N) is 2. The molecular formula is C14H14ClN3O. The van der Waals surface area contributed by atoms with E-state index in [1.54, 1.807) is 0 Å². The van der Waals surface area contributed by atoms with E-state index < -0.39 is 0 Å². The molecule has 2 rings (SSSR count). The van der Waals surface area contributed by atoms with Crippen LogP contribution in [-0.2, 0) is 0 Å². The number of hydrogen-bond acceptors (Lipinski definition) is 3. The predicted molar refractivity (Wildman–Crippen MR) is 75.6 cm³/mol. The van der Waals surface area contributed by atoms with Crippen molar-refractivity contribution in [1.82, 2.24) is 9.97 Å². The Labute approximate surface area is 116 Å². The number of aromatic nitrogens is 2. The number of rotatable bonds is 2. The number of hydrogen-bond donors (Lipinski definition) is 1. The van der Waals surface area contributed by atoms with Gasteiger partial charge < -0.3 is 5.32 Å². The van der Waals surface area contributed by atoms with E-state index in [1.165, 1.54) is 12.4 Å². The molecule has 98 valence electrons. The summed E-state index contributed by atoms with van der Waals surface area (Å²) in [5, 5.41) is 2.95. The molecule has 1 aromatic carbocycles. The summed E-state index contributed by atoms with van der Waals surface area (Å²) in [6, 6.07) is 3.96. The van der Waals surface area contributed by atoms with Gasteiger partial charge in [-0.3, -0.25) is 9.78 Å². The van der Waals surface area contributed by atoms with E-state index in [0.717, 1.165) is 16.7 Å². The van der Waals surface area contributed by atoms with Crippen molar-refractivity contribution in [2.75, 3.05) is 5.32 Å². The summed E-state index contributed by atoms with van der Waals surface area (Å²) in [6.07, 6.45) is 2.88. The largest absolute Gasteiger partial charge is 0.305 e. The standard InChI is InChI=1S/C14H14ClN3O/c1-8-4-9(2)13(10(3)5-8)14(19)18-12-7-16-6-11(15)17-12/h4-7H,1-3H3,(H,17,18,19). The highest BCUT2D eigenvalue weighted by atomic mass is 35.5. The summed E-state index contributed by atoms with van der Waals surface area (Å²) in [4.78, 5) is 20.1. The summed E-state index contributed by atoms with van der Waals surface area (Å²) < 4.78 is 0. The fourth-order valence-corrected chi connectivity index (χ4v) is 2.27. The number of amides is 1. The fraction of sp³-hybridized carbons (Fsp3) is 0.214. The molecule has 0 atom stereocenters. The lowest BCUT2D eigenvalue weighted by molar-refractivity contribution is 0.102. The summed E-state index contributed by atoms with van der Waals surface area (Å²) in [5.74, 6) is 0.142. The van der Waals surface area contributed by atoms with E-state index in [-0.39, 0.29) is 11.1 Å². The maximum absolute atomic E-state index is 12.3. The van der Waals surface area contributed by atoms with Crippen LogP contribution < -0.4 is 5.32 Å². The Morgan fingerprint density at radius 1 is 1.16 bits per heavy atom. The van der Waals surface area contributed by atoms with Crippen molar-refractivity contribution in [2.45, 2.75) is 20.8 Å². The number of benzene rings is 1. The van der Waals surface area contributed by atoms with E-state index in [9.17, 15) is 4.79 Å². The van der Waals surface area contributed by atoms with Gasteiger partial charge in [0.25, 0.3) is 5.91 Å². The molecule has 2 aromatic rings. The first-order valence-electron chi connectivity index (χ1n) is 5.84. The lowest BCUT2D eigenvalue weighted by atomic mass is 9.99. The van der Waals surface area contributed by atoms with Crippen LogP contribution in [0, 0.1) is 20.8 Å². The molecule has 0 fully saturated rings. The quantitative estimate of drug-likeness (QED) is 0.915. The number of carbonyl (C=O) groups is 1. The molecule has 0 saturated heterocycles. The third-order valence-electron chi connectivity index (χ3n) is 2.75. The van der Waals surface area contributed by atoms with Gasteiger partial charge in [-0.25, -0.2) is 4.98 Å². The van der Waals surface area contributed by atoms with Crippen molar-refractivity contribution in [3.63, 3.8) is 0 Å². The van der Waals surface area contributed by atoms with E-state index >= 15 is 0 Å². The Hall–Kier alpha value is -1.94. The minimum atomic E-state index is -0.202. The van der Waals surface area contributed by atoms with Gasteiger partial charge in [0.15, 0.2) is 5.82 Å². The predicted octanol–water partition coefficient (Wildman–Crippen LogP) is 3.31. The first-order chi connectivity index (χ1) is 8.97. The first kappa shape index (κ1) is 13.5. The number of aryl methyl sites for hydroxylation is 3. The number of carbonyl (C=O) groups excluding carboxylic acids is 1. The average molecular weight is 276 g/mol. The summed E-state index contributed by atoms with van der Waals surface area (Å²) in [5.41, 5.74) is 3.66. The van der Waals surface area contributed by atoms with Crippen molar-refractivity contribution in [1.29, 1.82) is 0 Å². The topological polar surface area (TPSA) is 54.9 Å². The third-order valence-corrected chi connectivity index (χ3v) is 2.93. The van der Waals surface area contributed by atoms with Crippen LogP contribution in [0.1, 0.15) is 27.0 Å². The lowest BCUT2D eigenvalue weighted by Gasteiger charge is -2.11. The summed E-state index contributed by atoms with van der Waals surface area (Å²) in [6.45, 7) is 5.83. The summed E-state index contributed by atoms with van der Waals surface area (Å²) >= 11 is 5.73. The Bertz CT molecular complexity index is 617. The lowest BCUT2D eigenvalue weighted by Crippen LogP contribution is -2.16. The monoisotopic (exact) mass is 275 g/mol. The Morgan fingerprint density at radius 2 is 1.79 bits per heavy atom. The maximum atomic E-state index is 12.3. The SMILES string of the molecule is Cc1cc(C)c(C(=O)Nc2cncc(Cl)n2)c(C)c1. The van der Waals surface area contributed by atoms with Crippen LogP contribution in [0.15, 0.2) is 24.5 Å². The Balaban J connectivity index is 2.31. The highest BCUT2D eigenvalue weighted by Crippen LogP contribution is 2.18. The van der Waals surface area contributed by atoms with Gasteiger partial charge in [-0.2, -0.15) is 0 Å². The molecule has 5 heteroatoms. The zero-order valence-corrected chi connectivity index (χ0v) is 11.7. The first-order valence-corrected chi connectivity index (χ1v) is 6.22. The van der Waals surface area contributed by atoms with E-state index in [1.807, 2.05) is 32.9 Å². The smallest absolute Gasteiger partial charge is 0.257 e.